The van der Waals surface area contributed by atoms with Gasteiger partial charge in [0.2, 0.25) is 5.91 Å². The van der Waals surface area contributed by atoms with E-state index in [4.69, 9.17) is 4.74 Å². The minimum Gasteiger partial charge on any atom is -0.497 e. The molecule has 1 aromatic heterocycles. The van der Waals surface area contributed by atoms with Gasteiger partial charge in [0.05, 0.1) is 12.9 Å². The second kappa shape index (κ2) is 10.7. The fourth-order valence-corrected chi connectivity index (χ4v) is 4.90. The van der Waals surface area contributed by atoms with Crippen LogP contribution in [0.4, 0.5) is 5.69 Å². The van der Waals surface area contributed by atoms with Crippen LogP contribution in [-0.2, 0) is 4.79 Å². The molecule has 33 heavy (non-hydrogen) atoms. The van der Waals surface area contributed by atoms with Crippen molar-refractivity contribution in [3.05, 3.63) is 54.1 Å². The first-order valence-electron chi connectivity index (χ1n) is 11.2. The quantitative estimate of drug-likeness (QED) is 0.355. The van der Waals surface area contributed by atoms with Crippen LogP contribution in [0.25, 0.3) is 11.4 Å². The summed E-state index contributed by atoms with van der Waals surface area (Å²) >= 11 is 1.40. The minimum absolute atomic E-state index is 0.00172. The van der Waals surface area contributed by atoms with Crippen LogP contribution in [0, 0.1) is 0 Å². The van der Waals surface area contributed by atoms with Gasteiger partial charge in [-0.15, -0.1) is 10.2 Å². The molecule has 1 heterocycles. The second-order valence-corrected chi connectivity index (χ2v) is 9.11. The van der Waals surface area contributed by atoms with Crippen LogP contribution < -0.4 is 10.1 Å². The summed E-state index contributed by atoms with van der Waals surface area (Å²) in [5.74, 6) is 1.72. The largest absolute Gasteiger partial charge is 0.497 e. The highest BCUT2D eigenvalue weighted by Crippen LogP contribution is 2.36. The summed E-state index contributed by atoms with van der Waals surface area (Å²) in [5, 5.41) is 12.6. The summed E-state index contributed by atoms with van der Waals surface area (Å²) in [7, 11) is 1.65. The Labute approximate surface area is 197 Å². The van der Waals surface area contributed by atoms with Crippen LogP contribution in [0.15, 0.2) is 53.7 Å². The first-order valence-corrected chi connectivity index (χ1v) is 12.2. The van der Waals surface area contributed by atoms with E-state index in [1.807, 2.05) is 24.3 Å². The number of nitrogens with zero attached hydrogens (tertiary/aromatic N) is 3. The van der Waals surface area contributed by atoms with Gasteiger partial charge in [-0.05, 0) is 68.3 Å². The van der Waals surface area contributed by atoms with Crippen molar-refractivity contribution in [2.24, 2.45) is 0 Å². The topological polar surface area (TPSA) is 86.1 Å². The third-order valence-corrected chi connectivity index (χ3v) is 6.80. The molecule has 2 aromatic carbocycles. The summed E-state index contributed by atoms with van der Waals surface area (Å²) in [6, 6.07) is 15.1. The van der Waals surface area contributed by atoms with E-state index < -0.39 is 0 Å². The first kappa shape index (κ1) is 23.0. The lowest BCUT2D eigenvalue weighted by molar-refractivity contribution is -0.113. The highest BCUT2D eigenvalue weighted by atomic mass is 32.2. The number of methoxy groups -OCH3 is 1. The molecule has 0 saturated heterocycles. The molecule has 0 unspecified atom stereocenters. The lowest BCUT2D eigenvalue weighted by Crippen LogP contribution is -2.17. The molecule has 0 bridgehead atoms. The maximum atomic E-state index is 12.6. The number of hydrogen-bond donors (Lipinski definition) is 1. The normalized spacial score (nSPS) is 14.1. The number of carbonyl (C=O) groups is 2. The molecule has 1 aliphatic carbocycles. The van der Waals surface area contributed by atoms with Gasteiger partial charge in [-0.3, -0.25) is 14.2 Å². The highest BCUT2D eigenvalue weighted by Gasteiger charge is 2.24. The summed E-state index contributed by atoms with van der Waals surface area (Å²) < 4.78 is 7.49. The van der Waals surface area contributed by atoms with Gasteiger partial charge >= 0.3 is 0 Å². The van der Waals surface area contributed by atoms with Crippen LogP contribution >= 0.6 is 11.8 Å². The molecule has 0 spiro atoms. The lowest BCUT2D eigenvalue weighted by atomic mass is 9.95. The number of ether oxygens (including phenoxy) is 1. The van der Waals surface area contributed by atoms with Crippen molar-refractivity contribution in [3.63, 3.8) is 0 Å². The van der Waals surface area contributed by atoms with E-state index in [0.29, 0.717) is 17.3 Å². The molecule has 1 aliphatic rings. The van der Waals surface area contributed by atoms with E-state index in [1.165, 1.54) is 37.9 Å². The van der Waals surface area contributed by atoms with Crippen molar-refractivity contribution in [2.45, 2.75) is 50.2 Å². The van der Waals surface area contributed by atoms with Crippen molar-refractivity contribution in [2.75, 3.05) is 18.2 Å². The number of carbonyl (C=O) groups excluding carboxylic acids is 2. The maximum Gasteiger partial charge on any atom is 0.234 e. The Hall–Kier alpha value is -3.13. The monoisotopic (exact) mass is 464 g/mol. The number of nitrogens with one attached hydrogen (secondary N) is 1. The first-order chi connectivity index (χ1) is 16.0. The van der Waals surface area contributed by atoms with E-state index in [0.717, 1.165) is 35.1 Å². The van der Waals surface area contributed by atoms with Crippen LogP contribution in [-0.4, -0.2) is 39.3 Å². The molecule has 1 fully saturated rings. The number of amides is 1. The van der Waals surface area contributed by atoms with Crippen LogP contribution in [0.2, 0.25) is 0 Å². The molecule has 0 radical (unpaired) electrons. The molecule has 4 rings (SSSR count). The SMILES string of the molecule is COc1ccc(-c2nnc(SCC(=O)Nc3ccc(C(C)=O)cc3)n2C2CCCCC2)cc1. The third-order valence-electron chi connectivity index (χ3n) is 5.86. The van der Waals surface area contributed by atoms with E-state index in [-0.39, 0.29) is 17.4 Å². The van der Waals surface area contributed by atoms with Gasteiger partial charge in [0.25, 0.3) is 0 Å². The number of benzene rings is 2. The number of aromatic nitrogens is 3. The number of anilines is 1. The summed E-state index contributed by atoms with van der Waals surface area (Å²) in [4.78, 5) is 24.0. The number of ketones is 1. The Morgan fingerprint density at radius 2 is 1.73 bits per heavy atom. The molecule has 3 aromatic rings. The third kappa shape index (κ3) is 5.63. The van der Waals surface area contributed by atoms with Gasteiger partial charge in [-0.1, -0.05) is 31.0 Å². The lowest BCUT2D eigenvalue weighted by Gasteiger charge is -2.25. The zero-order chi connectivity index (χ0) is 23.2. The van der Waals surface area contributed by atoms with Gasteiger partial charge in [0.15, 0.2) is 16.8 Å². The smallest absolute Gasteiger partial charge is 0.234 e. The molecular weight excluding hydrogens is 436 g/mol. The Kier molecular flexibility index (Phi) is 7.44. The standard InChI is InChI=1S/C25H28N4O3S/c1-17(30)18-8-12-20(13-9-18)26-23(31)16-33-25-28-27-24(19-10-14-22(32-2)15-11-19)29(25)21-6-4-3-5-7-21/h8-15,21H,3-7,16H2,1-2H3,(H,26,31). The van der Waals surface area contributed by atoms with Gasteiger partial charge in [-0.2, -0.15) is 0 Å². The molecule has 1 N–H and O–H groups in total. The number of thioether (sulfide) groups is 1. The molecule has 0 aliphatic heterocycles. The summed E-state index contributed by atoms with van der Waals surface area (Å²) in [6.07, 6.45) is 5.80. The van der Waals surface area contributed by atoms with Gasteiger partial charge in [0.1, 0.15) is 5.75 Å². The Morgan fingerprint density at radius 3 is 2.36 bits per heavy atom. The number of Topliss-reactive ketones (excluding diaryl/α,β-unsaturated/α-hetero) is 1. The fourth-order valence-electron chi connectivity index (χ4n) is 4.10. The molecule has 172 valence electrons. The van der Waals surface area contributed by atoms with Crippen LogP contribution in [0.5, 0.6) is 5.75 Å². The minimum atomic E-state index is -0.125. The van der Waals surface area contributed by atoms with E-state index in [2.05, 4.69) is 20.1 Å². The van der Waals surface area contributed by atoms with Crippen molar-refractivity contribution in [3.8, 4) is 17.1 Å². The van der Waals surface area contributed by atoms with E-state index in [1.54, 1.807) is 31.4 Å². The molecule has 8 heteroatoms. The molecule has 7 nitrogen and oxygen atoms in total. The van der Waals surface area contributed by atoms with Crippen molar-refractivity contribution in [1.82, 2.24) is 14.8 Å². The molecular formula is C25H28N4O3S. The number of hydrogen-bond acceptors (Lipinski definition) is 6. The predicted molar refractivity (Wildman–Crippen MR) is 130 cm³/mol. The van der Waals surface area contributed by atoms with Crippen molar-refractivity contribution in [1.29, 1.82) is 0 Å². The highest BCUT2D eigenvalue weighted by molar-refractivity contribution is 7.99. The Balaban J connectivity index is 1.49. The van der Waals surface area contributed by atoms with Gasteiger partial charge in [0, 0.05) is 22.9 Å². The second-order valence-electron chi connectivity index (χ2n) is 8.17. The average Bonchev–Trinajstić information content (AvgIpc) is 3.27. The number of rotatable bonds is 8. The van der Waals surface area contributed by atoms with Gasteiger partial charge in [-0.25, -0.2) is 0 Å². The molecule has 0 atom stereocenters. The summed E-state index contributed by atoms with van der Waals surface area (Å²) in [6.45, 7) is 1.52. The zero-order valence-electron chi connectivity index (χ0n) is 18.9. The van der Waals surface area contributed by atoms with E-state index >= 15 is 0 Å². The zero-order valence-corrected chi connectivity index (χ0v) is 19.7. The van der Waals surface area contributed by atoms with E-state index in [9.17, 15) is 9.59 Å². The maximum absolute atomic E-state index is 12.6. The molecule has 1 saturated carbocycles. The van der Waals surface area contributed by atoms with Crippen LogP contribution in [0.1, 0.15) is 55.4 Å². The predicted octanol–water partition coefficient (Wildman–Crippen LogP) is 5.39. The van der Waals surface area contributed by atoms with Gasteiger partial charge < -0.3 is 10.1 Å². The van der Waals surface area contributed by atoms with Crippen molar-refractivity contribution >= 4 is 29.1 Å². The van der Waals surface area contributed by atoms with Crippen molar-refractivity contribution < 1.29 is 14.3 Å². The van der Waals surface area contributed by atoms with Crippen LogP contribution in [0.3, 0.4) is 0 Å². The molecule has 1 amide bonds. The summed E-state index contributed by atoms with van der Waals surface area (Å²) in [5.41, 5.74) is 2.27. The Bertz CT molecular complexity index is 1100. The Morgan fingerprint density at radius 1 is 1.03 bits per heavy atom. The fraction of sp³-hybridized carbons (Fsp3) is 0.360. The average molecular weight is 465 g/mol.